The molecule has 0 N–H and O–H groups in total. The van der Waals surface area contributed by atoms with Crippen LogP contribution in [0.5, 0.6) is 0 Å². The van der Waals surface area contributed by atoms with Gasteiger partial charge < -0.3 is 4.74 Å². The monoisotopic (exact) mass is 321 g/mol. The van der Waals surface area contributed by atoms with Gasteiger partial charge in [0.15, 0.2) is 0 Å². The van der Waals surface area contributed by atoms with Crippen LogP contribution in [0.2, 0.25) is 0 Å². The van der Waals surface area contributed by atoms with Crippen LogP contribution < -0.4 is 0 Å². The number of benzene rings is 1. The molecule has 0 amide bonds. The summed E-state index contributed by atoms with van der Waals surface area (Å²) in [5.74, 6) is 0.654. The Hall–Kier alpha value is -0.860. The van der Waals surface area contributed by atoms with Crippen LogP contribution in [0.1, 0.15) is 72.4 Å². The van der Waals surface area contributed by atoms with Gasteiger partial charge >= 0.3 is 0 Å². The summed E-state index contributed by atoms with van der Waals surface area (Å²) in [6, 6.07) is 9.50. The highest BCUT2D eigenvalue weighted by atomic mass is 16.5. The lowest BCUT2D eigenvalue weighted by Crippen LogP contribution is -2.44. The van der Waals surface area contributed by atoms with Gasteiger partial charge in [-0.05, 0) is 44.2 Å². The molecule has 2 nitrogen and oxygen atoms in total. The summed E-state index contributed by atoms with van der Waals surface area (Å²) in [5.41, 5.74) is 2.89. The van der Waals surface area contributed by atoms with E-state index in [9.17, 15) is 0 Å². The molecule has 1 saturated heterocycles. The largest absolute Gasteiger partial charge is 0.376 e. The maximum atomic E-state index is 5.42. The minimum Gasteiger partial charge on any atom is -0.376 e. The second-order valence-corrected chi connectivity index (χ2v) is 6.52. The van der Waals surface area contributed by atoms with Gasteiger partial charge in [0.1, 0.15) is 0 Å². The third-order valence-electron chi connectivity index (χ3n) is 4.03. The Labute approximate surface area is 145 Å². The van der Waals surface area contributed by atoms with Gasteiger partial charge in [-0.25, -0.2) is 0 Å². The molecule has 2 heteroatoms. The van der Waals surface area contributed by atoms with Gasteiger partial charge in [0.05, 0.1) is 12.7 Å². The number of nitrogens with zero attached hydrogens (tertiary/aromatic N) is 1. The molecule has 1 aromatic rings. The van der Waals surface area contributed by atoms with Gasteiger partial charge in [-0.3, -0.25) is 4.90 Å². The molecule has 134 valence electrons. The fourth-order valence-electron chi connectivity index (χ4n) is 2.49. The molecule has 0 bridgehead atoms. The van der Waals surface area contributed by atoms with Gasteiger partial charge in [0.2, 0.25) is 0 Å². The van der Waals surface area contributed by atoms with Crippen LogP contribution in [-0.2, 0) is 11.2 Å². The first kappa shape index (κ1) is 22.1. The Kier molecular flexibility index (Phi) is 12.1. The third-order valence-corrected chi connectivity index (χ3v) is 4.03. The van der Waals surface area contributed by atoms with Crippen molar-refractivity contribution in [3.05, 3.63) is 35.4 Å². The van der Waals surface area contributed by atoms with Crippen molar-refractivity contribution in [1.82, 2.24) is 4.90 Å². The first-order valence-electron chi connectivity index (χ1n) is 9.38. The Morgan fingerprint density at radius 3 is 2.26 bits per heavy atom. The minimum absolute atomic E-state index is 0.427. The van der Waals surface area contributed by atoms with E-state index in [1.54, 1.807) is 0 Å². The van der Waals surface area contributed by atoms with Gasteiger partial charge in [-0.15, -0.1) is 0 Å². The summed E-state index contributed by atoms with van der Waals surface area (Å²) in [7, 11) is 0. The van der Waals surface area contributed by atoms with E-state index in [0.29, 0.717) is 18.1 Å². The van der Waals surface area contributed by atoms with Crippen LogP contribution in [0.25, 0.3) is 0 Å². The second kappa shape index (κ2) is 12.5. The molecule has 1 aliphatic heterocycles. The van der Waals surface area contributed by atoms with Crippen LogP contribution in [0.15, 0.2) is 24.3 Å². The molecule has 1 heterocycles. The standard InChI is InChI=1S/C11H16.C8H17NO.C2H6/c1-4-10-6-5-7-11(8-10)9(2)3;1-7(2)9-4-5-10-8(3)6-9;1-2/h5-9H,4H2,1-3H3;7-8H,4-6H2,1-3H3;1-2H3. The van der Waals surface area contributed by atoms with Gasteiger partial charge in [-0.1, -0.05) is 58.9 Å². The Morgan fingerprint density at radius 2 is 1.83 bits per heavy atom. The van der Waals surface area contributed by atoms with Gasteiger partial charge in [0.25, 0.3) is 0 Å². The average Bonchev–Trinajstić information content (AvgIpc) is 2.57. The molecule has 1 unspecified atom stereocenters. The molecule has 0 saturated carbocycles. The Balaban J connectivity index is 0.000000381. The molecule has 23 heavy (non-hydrogen) atoms. The lowest BCUT2D eigenvalue weighted by atomic mass is 10.0. The van der Waals surface area contributed by atoms with E-state index in [-0.39, 0.29) is 0 Å². The molecule has 1 aromatic carbocycles. The summed E-state index contributed by atoms with van der Waals surface area (Å²) < 4.78 is 5.42. The normalized spacial score (nSPS) is 18.1. The summed E-state index contributed by atoms with van der Waals surface area (Å²) in [6.07, 6.45) is 1.57. The number of rotatable bonds is 3. The third kappa shape index (κ3) is 9.12. The topological polar surface area (TPSA) is 12.5 Å². The predicted octanol–water partition coefficient (Wildman–Crippen LogP) is 5.51. The van der Waals surface area contributed by atoms with E-state index >= 15 is 0 Å². The zero-order valence-corrected chi connectivity index (χ0v) is 16.7. The second-order valence-electron chi connectivity index (χ2n) is 6.52. The lowest BCUT2D eigenvalue weighted by Gasteiger charge is -2.33. The van der Waals surface area contributed by atoms with E-state index in [1.165, 1.54) is 11.1 Å². The summed E-state index contributed by atoms with van der Waals surface area (Å²) in [6.45, 7) is 20.4. The quantitative estimate of drug-likeness (QED) is 0.727. The summed E-state index contributed by atoms with van der Waals surface area (Å²) in [4.78, 5) is 2.45. The molecule has 0 radical (unpaired) electrons. The van der Waals surface area contributed by atoms with E-state index in [2.05, 4.69) is 70.7 Å². The predicted molar refractivity (Wildman–Crippen MR) is 103 cm³/mol. The van der Waals surface area contributed by atoms with Crippen LogP contribution >= 0.6 is 0 Å². The van der Waals surface area contributed by atoms with E-state index in [0.717, 1.165) is 26.1 Å². The molecule has 0 aromatic heterocycles. The smallest absolute Gasteiger partial charge is 0.0674 e. The van der Waals surface area contributed by atoms with Crippen molar-refractivity contribution in [3.63, 3.8) is 0 Å². The zero-order chi connectivity index (χ0) is 17.8. The molecule has 1 atom stereocenters. The first-order valence-corrected chi connectivity index (χ1v) is 9.38. The van der Waals surface area contributed by atoms with E-state index in [1.807, 2.05) is 13.8 Å². The maximum absolute atomic E-state index is 5.42. The first-order chi connectivity index (χ1) is 10.9. The van der Waals surface area contributed by atoms with Crippen LogP contribution in [-0.4, -0.2) is 36.7 Å². The fraction of sp³-hybridized carbons (Fsp3) is 0.714. The lowest BCUT2D eigenvalue weighted by molar-refractivity contribution is -0.0288. The van der Waals surface area contributed by atoms with Crippen molar-refractivity contribution >= 4 is 0 Å². The number of hydrogen-bond donors (Lipinski definition) is 0. The maximum Gasteiger partial charge on any atom is 0.0674 e. The Morgan fingerprint density at radius 1 is 1.17 bits per heavy atom. The molecule has 0 spiro atoms. The van der Waals surface area contributed by atoms with Crippen molar-refractivity contribution < 1.29 is 4.74 Å². The van der Waals surface area contributed by atoms with Crippen molar-refractivity contribution in [3.8, 4) is 0 Å². The molecule has 1 aliphatic rings. The molecule has 0 aliphatic carbocycles. The highest BCUT2D eigenvalue weighted by molar-refractivity contribution is 5.25. The van der Waals surface area contributed by atoms with Crippen molar-refractivity contribution in [1.29, 1.82) is 0 Å². The fourth-order valence-corrected chi connectivity index (χ4v) is 2.49. The van der Waals surface area contributed by atoms with Crippen molar-refractivity contribution in [2.45, 2.75) is 79.9 Å². The van der Waals surface area contributed by atoms with Crippen molar-refractivity contribution in [2.75, 3.05) is 19.7 Å². The van der Waals surface area contributed by atoms with E-state index < -0.39 is 0 Å². The van der Waals surface area contributed by atoms with Crippen molar-refractivity contribution in [2.24, 2.45) is 0 Å². The molecule has 2 rings (SSSR count). The number of ether oxygens (including phenoxy) is 1. The molecular weight excluding hydrogens is 282 g/mol. The van der Waals surface area contributed by atoms with Crippen LogP contribution in [0.4, 0.5) is 0 Å². The number of morpholine rings is 1. The van der Waals surface area contributed by atoms with Gasteiger partial charge in [-0.2, -0.15) is 0 Å². The average molecular weight is 322 g/mol. The van der Waals surface area contributed by atoms with Gasteiger partial charge in [0, 0.05) is 19.1 Å². The molecular formula is C21H39NO. The zero-order valence-electron chi connectivity index (χ0n) is 16.7. The SMILES string of the molecule is CC.CC1CN(C(C)C)CCO1.CCc1cccc(C(C)C)c1. The molecule has 1 fully saturated rings. The number of hydrogen-bond acceptors (Lipinski definition) is 2. The van der Waals surface area contributed by atoms with E-state index in [4.69, 9.17) is 4.74 Å². The van der Waals surface area contributed by atoms with Crippen LogP contribution in [0.3, 0.4) is 0 Å². The highest BCUT2D eigenvalue weighted by Gasteiger charge is 2.17. The van der Waals surface area contributed by atoms with Crippen LogP contribution in [0, 0.1) is 0 Å². The number of aryl methyl sites for hydroxylation is 1. The summed E-state index contributed by atoms with van der Waals surface area (Å²) >= 11 is 0. The Bertz CT molecular complexity index is 401. The minimum atomic E-state index is 0.427. The summed E-state index contributed by atoms with van der Waals surface area (Å²) in [5, 5.41) is 0. The highest BCUT2D eigenvalue weighted by Crippen LogP contribution is 2.15.